The number of aromatic nitrogens is 1. The second kappa shape index (κ2) is 5.62. The summed E-state index contributed by atoms with van der Waals surface area (Å²) >= 11 is 6.34. The van der Waals surface area contributed by atoms with Crippen molar-refractivity contribution < 1.29 is 4.79 Å². The van der Waals surface area contributed by atoms with E-state index in [2.05, 4.69) is 36.3 Å². The minimum atomic E-state index is -0.153. The number of hydrogen-bond donors (Lipinski definition) is 2. The maximum absolute atomic E-state index is 12.2. The number of rotatable bonds is 4. The Morgan fingerprint density at radius 3 is 2.68 bits per heavy atom. The highest BCUT2D eigenvalue weighted by Gasteiger charge is 2.38. The highest BCUT2D eigenvalue weighted by atomic mass is 35.5. The Morgan fingerprint density at radius 1 is 1.36 bits per heavy atom. The molecule has 118 valence electrons. The van der Waals surface area contributed by atoms with Gasteiger partial charge >= 0.3 is 0 Å². The first-order chi connectivity index (χ1) is 10.4. The maximum Gasteiger partial charge on any atom is 0.226 e. The van der Waals surface area contributed by atoms with Crippen molar-refractivity contribution in [3.05, 3.63) is 34.5 Å². The lowest BCUT2D eigenvalue weighted by Gasteiger charge is -2.36. The zero-order chi connectivity index (χ0) is 15.9. The van der Waals surface area contributed by atoms with Crippen LogP contribution in [-0.2, 0) is 11.3 Å². The standard InChI is InChI=1S/C18H23ClN2O/c1-11(2)14-9-16-12(8-15(14)19)7-13(21-16)10-20-17(22)18(3)5-4-6-18/h7-9,11,21H,4-6,10H2,1-3H3,(H,20,22). The SMILES string of the molecule is CC(C)c1cc2[nH]c(CNC(=O)C3(C)CCC3)cc2cc1Cl. The van der Waals surface area contributed by atoms with Gasteiger partial charge in [0.1, 0.15) is 0 Å². The second-order valence-electron chi connectivity index (χ2n) is 7.01. The zero-order valence-corrected chi connectivity index (χ0v) is 14.2. The Hall–Kier alpha value is -1.48. The van der Waals surface area contributed by atoms with Gasteiger partial charge in [0.2, 0.25) is 5.91 Å². The first-order valence-electron chi connectivity index (χ1n) is 7.98. The number of fused-ring (bicyclic) bond motifs is 1. The lowest BCUT2D eigenvalue weighted by atomic mass is 9.70. The molecule has 1 saturated carbocycles. The lowest BCUT2D eigenvalue weighted by molar-refractivity contribution is -0.134. The van der Waals surface area contributed by atoms with Crippen LogP contribution in [0.3, 0.4) is 0 Å². The van der Waals surface area contributed by atoms with Gasteiger partial charge < -0.3 is 10.3 Å². The van der Waals surface area contributed by atoms with E-state index in [0.717, 1.165) is 46.4 Å². The monoisotopic (exact) mass is 318 g/mol. The van der Waals surface area contributed by atoms with Gasteiger partial charge in [0, 0.05) is 27.0 Å². The van der Waals surface area contributed by atoms with Gasteiger partial charge in [0.05, 0.1) is 6.54 Å². The number of benzene rings is 1. The van der Waals surface area contributed by atoms with E-state index in [1.54, 1.807) is 0 Å². The summed E-state index contributed by atoms with van der Waals surface area (Å²) < 4.78 is 0. The Morgan fingerprint density at radius 2 is 2.09 bits per heavy atom. The number of hydrogen-bond acceptors (Lipinski definition) is 1. The van der Waals surface area contributed by atoms with Crippen molar-refractivity contribution in [1.29, 1.82) is 0 Å². The van der Waals surface area contributed by atoms with Gasteiger partial charge in [0.25, 0.3) is 0 Å². The van der Waals surface area contributed by atoms with Crippen LogP contribution < -0.4 is 5.32 Å². The molecule has 0 bridgehead atoms. The van der Waals surface area contributed by atoms with Gasteiger partial charge in [-0.25, -0.2) is 0 Å². The fourth-order valence-corrected chi connectivity index (χ4v) is 3.48. The fourth-order valence-electron chi connectivity index (χ4n) is 3.09. The number of aromatic amines is 1. The van der Waals surface area contributed by atoms with Crippen LogP contribution in [0.2, 0.25) is 5.02 Å². The zero-order valence-electron chi connectivity index (χ0n) is 13.4. The Balaban J connectivity index is 1.76. The summed E-state index contributed by atoms with van der Waals surface area (Å²) in [7, 11) is 0. The van der Waals surface area contributed by atoms with E-state index in [9.17, 15) is 4.79 Å². The van der Waals surface area contributed by atoms with Crippen molar-refractivity contribution in [2.75, 3.05) is 0 Å². The molecular weight excluding hydrogens is 296 g/mol. The third-order valence-corrected chi connectivity index (χ3v) is 5.19. The van der Waals surface area contributed by atoms with Gasteiger partial charge in [-0.3, -0.25) is 4.79 Å². The third kappa shape index (κ3) is 2.74. The van der Waals surface area contributed by atoms with Crippen LogP contribution >= 0.6 is 11.6 Å². The quantitative estimate of drug-likeness (QED) is 0.839. The molecule has 1 aliphatic carbocycles. The van der Waals surface area contributed by atoms with Gasteiger partial charge in [-0.15, -0.1) is 0 Å². The van der Waals surface area contributed by atoms with Crippen LogP contribution in [0.5, 0.6) is 0 Å². The van der Waals surface area contributed by atoms with Crippen molar-refractivity contribution in [2.45, 2.75) is 52.5 Å². The molecule has 0 unspecified atom stereocenters. The largest absolute Gasteiger partial charge is 0.357 e. The highest BCUT2D eigenvalue weighted by Crippen LogP contribution is 2.40. The van der Waals surface area contributed by atoms with Crippen molar-refractivity contribution >= 4 is 28.4 Å². The molecule has 0 atom stereocenters. The van der Waals surface area contributed by atoms with Gasteiger partial charge in [-0.2, -0.15) is 0 Å². The molecule has 3 rings (SSSR count). The predicted molar refractivity (Wildman–Crippen MR) is 91.2 cm³/mol. The van der Waals surface area contributed by atoms with E-state index < -0.39 is 0 Å². The summed E-state index contributed by atoms with van der Waals surface area (Å²) in [5, 5.41) is 4.95. The number of H-pyrrole nitrogens is 1. The number of nitrogens with one attached hydrogen (secondary N) is 2. The number of halogens is 1. The van der Waals surface area contributed by atoms with Crippen LogP contribution in [0.4, 0.5) is 0 Å². The van der Waals surface area contributed by atoms with Crippen LogP contribution in [0.25, 0.3) is 10.9 Å². The fraction of sp³-hybridized carbons (Fsp3) is 0.500. The van der Waals surface area contributed by atoms with E-state index >= 15 is 0 Å². The highest BCUT2D eigenvalue weighted by molar-refractivity contribution is 6.32. The van der Waals surface area contributed by atoms with Gasteiger partial charge in [-0.05, 0) is 42.5 Å². The number of carbonyl (C=O) groups is 1. The smallest absolute Gasteiger partial charge is 0.226 e. The minimum Gasteiger partial charge on any atom is -0.357 e. The molecule has 0 aliphatic heterocycles. The molecule has 4 heteroatoms. The summed E-state index contributed by atoms with van der Waals surface area (Å²) in [6.45, 7) is 6.86. The summed E-state index contributed by atoms with van der Waals surface area (Å²) in [5.41, 5.74) is 3.09. The van der Waals surface area contributed by atoms with Crippen molar-refractivity contribution in [2.24, 2.45) is 5.41 Å². The Labute approximate surface area is 136 Å². The van der Waals surface area contributed by atoms with E-state index in [0.29, 0.717) is 12.5 Å². The maximum atomic E-state index is 12.2. The van der Waals surface area contributed by atoms with Gasteiger partial charge in [0.15, 0.2) is 0 Å². The molecular formula is C18H23ClN2O. The van der Waals surface area contributed by atoms with Crippen LogP contribution in [0.1, 0.15) is 57.2 Å². The predicted octanol–water partition coefficient (Wildman–Crippen LogP) is 4.75. The molecule has 3 nitrogen and oxygen atoms in total. The lowest BCUT2D eigenvalue weighted by Crippen LogP contribution is -2.43. The van der Waals surface area contributed by atoms with Crippen LogP contribution in [0.15, 0.2) is 18.2 Å². The van der Waals surface area contributed by atoms with Crippen molar-refractivity contribution in [3.63, 3.8) is 0 Å². The molecule has 1 aromatic heterocycles. The average Bonchev–Trinajstić information content (AvgIpc) is 2.82. The molecule has 1 heterocycles. The summed E-state index contributed by atoms with van der Waals surface area (Å²) in [5.74, 6) is 0.556. The minimum absolute atomic E-state index is 0.153. The molecule has 0 spiro atoms. The number of carbonyl (C=O) groups excluding carboxylic acids is 1. The summed E-state index contributed by atoms with van der Waals surface area (Å²) in [4.78, 5) is 15.6. The van der Waals surface area contributed by atoms with Crippen molar-refractivity contribution in [1.82, 2.24) is 10.3 Å². The van der Waals surface area contributed by atoms with E-state index in [1.165, 1.54) is 0 Å². The van der Waals surface area contributed by atoms with Crippen molar-refractivity contribution in [3.8, 4) is 0 Å². The first kappa shape index (κ1) is 15.4. The Bertz CT molecular complexity index is 713. The molecule has 0 radical (unpaired) electrons. The molecule has 1 fully saturated rings. The normalized spacial score (nSPS) is 16.8. The van der Waals surface area contributed by atoms with Crippen LogP contribution in [0, 0.1) is 5.41 Å². The first-order valence-corrected chi connectivity index (χ1v) is 8.36. The average molecular weight is 319 g/mol. The van der Waals surface area contributed by atoms with E-state index in [1.807, 2.05) is 13.0 Å². The molecule has 1 aliphatic rings. The molecule has 2 aromatic rings. The van der Waals surface area contributed by atoms with Crippen LogP contribution in [-0.4, -0.2) is 10.9 Å². The third-order valence-electron chi connectivity index (χ3n) is 4.86. The molecule has 1 aromatic carbocycles. The Kier molecular flexibility index (Phi) is 3.94. The topological polar surface area (TPSA) is 44.9 Å². The second-order valence-corrected chi connectivity index (χ2v) is 7.41. The van der Waals surface area contributed by atoms with E-state index in [4.69, 9.17) is 11.6 Å². The molecule has 0 saturated heterocycles. The summed E-state index contributed by atoms with van der Waals surface area (Å²) in [6.07, 6.45) is 3.16. The molecule has 22 heavy (non-hydrogen) atoms. The molecule has 1 amide bonds. The number of amides is 1. The summed E-state index contributed by atoms with van der Waals surface area (Å²) in [6, 6.07) is 6.18. The molecule has 2 N–H and O–H groups in total. The van der Waals surface area contributed by atoms with Gasteiger partial charge in [-0.1, -0.05) is 38.8 Å². The van der Waals surface area contributed by atoms with E-state index in [-0.39, 0.29) is 11.3 Å².